The van der Waals surface area contributed by atoms with Crippen molar-refractivity contribution in [3.8, 4) is 11.5 Å². The number of ether oxygens (including phenoxy) is 2. The molecule has 0 aliphatic carbocycles. The van der Waals surface area contributed by atoms with Crippen LogP contribution in [0.4, 0.5) is 0 Å². The van der Waals surface area contributed by atoms with Crippen molar-refractivity contribution >= 4 is 35.1 Å². The first-order chi connectivity index (χ1) is 15.6. The molecule has 0 heterocycles. The Balaban J connectivity index is 2.46. The van der Waals surface area contributed by atoms with Gasteiger partial charge in [-0.3, -0.25) is 9.59 Å². The molecule has 0 saturated carbocycles. The smallest absolute Gasteiger partial charge is 0.256 e. The zero-order valence-corrected chi connectivity index (χ0v) is 21.1. The predicted octanol–water partition coefficient (Wildman–Crippen LogP) is 6.26. The molecule has 7 heteroatoms. The van der Waals surface area contributed by atoms with Crippen molar-refractivity contribution in [3.63, 3.8) is 0 Å². The summed E-state index contributed by atoms with van der Waals surface area (Å²) in [5.74, 6) is 0.0764. The quantitative estimate of drug-likeness (QED) is 0.370. The summed E-state index contributed by atoms with van der Waals surface area (Å²) in [5.41, 5.74) is 2.06. The minimum Gasteiger partial charge on any atom is -0.496 e. The first-order valence-corrected chi connectivity index (χ1v) is 12.4. The second-order valence-electron chi connectivity index (χ2n) is 7.85. The van der Waals surface area contributed by atoms with E-state index in [9.17, 15) is 14.2 Å². The molecule has 0 aliphatic heterocycles. The van der Waals surface area contributed by atoms with Crippen molar-refractivity contribution in [2.24, 2.45) is 0 Å². The number of halogens is 1. The van der Waals surface area contributed by atoms with Gasteiger partial charge in [0.15, 0.2) is 5.75 Å². The van der Waals surface area contributed by atoms with Gasteiger partial charge in [0.25, 0.3) is 7.14 Å². The van der Waals surface area contributed by atoms with Gasteiger partial charge in [0.05, 0.1) is 19.2 Å². The lowest BCUT2D eigenvalue weighted by molar-refractivity contribution is 0.104. The van der Waals surface area contributed by atoms with E-state index in [-0.39, 0.29) is 33.0 Å². The predicted molar refractivity (Wildman–Crippen MR) is 132 cm³/mol. The van der Waals surface area contributed by atoms with E-state index in [0.29, 0.717) is 11.1 Å². The number of hydrogen-bond donors (Lipinski definition) is 0. The summed E-state index contributed by atoms with van der Waals surface area (Å²) < 4.78 is 25.8. The van der Waals surface area contributed by atoms with E-state index in [1.54, 1.807) is 32.0 Å². The van der Waals surface area contributed by atoms with Gasteiger partial charge < -0.3 is 14.0 Å². The summed E-state index contributed by atoms with van der Waals surface area (Å²) in [6, 6.07) is 13.0. The molecule has 0 aromatic heterocycles. The summed E-state index contributed by atoms with van der Waals surface area (Å²) in [7, 11) is -1.81. The molecule has 0 N–H and O–H groups in total. The Morgan fingerprint density at radius 1 is 0.818 bits per heavy atom. The third-order valence-corrected chi connectivity index (χ3v) is 8.93. The van der Waals surface area contributed by atoms with Crippen molar-refractivity contribution in [3.05, 3.63) is 86.9 Å². The third kappa shape index (κ3) is 4.12. The van der Waals surface area contributed by atoms with Crippen molar-refractivity contribution in [2.75, 3.05) is 14.2 Å². The molecular weight excluding hydrogens is 459 g/mol. The van der Waals surface area contributed by atoms with Crippen LogP contribution >= 0.6 is 18.7 Å². The van der Waals surface area contributed by atoms with Gasteiger partial charge in [0.2, 0.25) is 11.0 Å². The fourth-order valence-corrected chi connectivity index (χ4v) is 7.05. The number of aryl methyl sites for hydroxylation is 2. The number of rotatable bonds is 7. The highest BCUT2D eigenvalue weighted by Gasteiger charge is 2.48. The van der Waals surface area contributed by atoms with Crippen LogP contribution in [-0.4, -0.2) is 25.3 Å². The number of carbonyl (C=O) groups excluding carboxylic acids is 2. The van der Waals surface area contributed by atoms with Gasteiger partial charge in [-0.25, -0.2) is 0 Å². The Kier molecular flexibility index (Phi) is 7.16. The Bertz CT molecular complexity index is 1300. The van der Waals surface area contributed by atoms with Crippen molar-refractivity contribution in [2.45, 2.75) is 27.7 Å². The first-order valence-electron chi connectivity index (χ1n) is 10.3. The van der Waals surface area contributed by atoms with Gasteiger partial charge in [0, 0.05) is 11.1 Å². The number of methoxy groups -OCH3 is 2. The Morgan fingerprint density at radius 2 is 1.45 bits per heavy atom. The van der Waals surface area contributed by atoms with Gasteiger partial charge in [-0.05, 0) is 62.1 Å². The molecule has 0 saturated heterocycles. The Labute approximate surface area is 199 Å². The van der Waals surface area contributed by atoms with E-state index in [0.717, 1.165) is 11.1 Å². The lowest BCUT2D eigenvalue weighted by Crippen LogP contribution is -2.25. The topological polar surface area (TPSA) is 69.7 Å². The highest BCUT2D eigenvalue weighted by molar-refractivity contribution is 8.01. The van der Waals surface area contributed by atoms with Crippen LogP contribution in [0.25, 0.3) is 0 Å². The maximum absolute atomic E-state index is 14.9. The van der Waals surface area contributed by atoms with Crippen molar-refractivity contribution in [1.82, 2.24) is 0 Å². The average Bonchev–Trinajstić information content (AvgIpc) is 2.81. The lowest BCUT2D eigenvalue weighted by atomic mass is 9.95. The molecule has 3 aromatic carbocycles. The van der Waals surface area contributed by atoms with E-state index >= 15 is 0 Å². The fraction of sp³-hybridized carbons (Fsp3) is 0.231. The maximum atomic E-state index is 14.9. The molecule has 1 atom stereocenters. The fourth-order valence-electron chi connectivity index (χ4n) is 4.01. The maximum Gasteiger partial charge on any atom is 0.256 e. The van der Waals surface area contributed by atoms with Crippen LogP contribution in [0.15, 0.2) is 48.5 Å². The third-order valence-electron chi connectivity index (χ3n) is 5.95. The summed E-state index contributed by atoms with van der Waals surface area (Å²) in [6.07, 6.45) is 0. The molecule has 0 aliphatic rings. The molecule has 0 spiro atoms. The summed E-state index contributed by atoms with van der Waals surface area (Å²) in [6.45, 7) is 7.41. The molecule has 3 rings (SSSR count). The lowest BCUT2D eigenvalue weighted by Gasteiger charge is -2.24. The molecular formula is C26H26ClO5P. The summed E-state index contributed by atoms with van der Waals surface area (Å²) in [4.78, 5) is 28.1. The van der Waals surface area contributed by atoms with E-state index in [2.05, 4.69) is 0 Å². The molecule has 0 fully saturated rings. The van der Waals surface area contributed by atoms with Crippen LogP contribution in [0.2, 0.25) is 5.02 Å². The summed E-state index contributed by atoms with van der Waals surface area (Å²) >= 11 is 6.35. The van der Waals surface area contributed by atoms with Crippen molar-refractivity contribution < 1.29 is 23.6 Å². The Morgan fingerprint density at radius 3 is 2.03 bits per heavy atom. The van der Waals surface area contributed by atoms with Gasteiger partial charge in [-0.15, -0.1) is 0 Å². The molecule has 33 heavy (non-hydrogen) atoms. The van der Waals surface area contributed by atoms with Gasteiger partial charge in [-0.1, -0.05) is 48.0 Å². The SMILES string of the molecule is COc1ccc(Cl)c(OC)c1P(=O)(C(=O)c1ccccc1)C(=O)c1c(C)cc(C)c(C)c1C. The molecule has 0 bridgehead atoms. The Hall–Kier alpha value is -2.88. The van der Waals surface area contributed by atoms with Crippen LogP contribution in [0, 0.1) is 27.7 Å². The standard InChI is InChI=1S/C26H26ClO5P/c1-15-14-16(2)22(18(4)17(15)3)26(29)33(30,25(28)19-10-8-7-9-11-19)24-21(31-5)13-12-20(27)23(24)32-6/h7-14H,1-6H3. The van der Waals surface area contributed by atoms with Gasteiger partial charge >= 0.3 is 0 Å². The molecule has 5 nitrogen and oxygen atoms in total. The van der Waals surface area contributed by atoms with Crippen LogP contribution < -0.4 is 14.8 Å². The van der Waals surface area contributed by atoms with Crippen LogP contribution in [0.5, 0.6) is 11.5 Å². The molecule has 3 aromatic rings. The van der Waals surface area contributed by atoms with E-state index in [4.69, 9.17) is 21.1 Å². The molecule has 0 amide bonds. The number of benzene rings is 3. The van der Waals surface area contributed by atoms with Crippen LogP contribution in [0.3, 0.4) is 0 Å². The minimum absolute atomic E-state index is 0.0175. The average molecular weight is 485 g/mol. The zero-order valence-electron chi connectivity index (χ0n) is 19.5. The summed E-state index contributed by atoms with van der Waals surface area (Å²) in [5, 5.41) is -0.00778. The van der Waals surface area contributed by atoms with E-state index in [1.165, 1.54) is 38.5 Å². The minimum atomic E-state index is -4.53. The molecule has 0 radical (unpaired) electrons. The molecule has 172 valence electrons. The largest absolute Gasteiger partial charge is 0.496 e. The highest BCUT2D eigenvalue weighted by Crippen LogP contribution is 2.56. The van der Waals surface area contributed by atoms with Gasteiger partial charge in [-0.2, -0.15) is 0 Å². The monoisotopic (exact) mass is 484 g/mol. The van der Waals surface area contributed by atoms with Crippen molar-refractivity contribution in [1.29, 1.82) is 0 Å². The molecule has 1 unspecified atom stereocenters. The van der Waals surface area contributed by atoms with E-state index in [1.807, 2.05) is 19.9 Å². The van der Waals surface area contributed by atoms with Gasteiger partial charge in [0.1, 0.15) is 11.1 Å². The normalized spacial score (nSPS) is 12.7. The highest BCUT2D eigenvalue weighted by atomic mass is 35.5. The zero-order chi connectivity index (χ0) is 24.5. The number of hydrogen-bond acceptors (Lipinski definition) is 5. The van der Waals surface area contributed by atoms with Crippen LogP contribution in [-0.2, 0) is 4.57 Å². The second kappa shape index (κ2) is 9.54. The van der Waals surface area contributed by atoms with Crippen LogP contribution in [0.1, 0.15) is 43.0 Å². The second-order valence-corrected chi connectivity index (χ2v) is 10.7. The first kappa shape index (κ1) is 24.8. The number of carbonyl (C=O) groups is 2. The van der Waals surface area contributed by atoms with E-state index < -0.39 is 18.2 Å².